The van der Waals surface area contributed by atoms with Crippen molar-refractivity contribution in [2.24, 2.45) is 0 Å². The Morgan fingerprint density at radius 1 is 0.957 bits per heavy atom. The van der Waals surface area contributed by atoms with E-state index in [0.717, 1.165) is 30.8 Å². The lowest BCUT2D eigenvalue weighted by Crippen LogP contribution is -2.28. The van der Waals surface area contributed by atoms with Gasteiger partial charge in [0.2, 0.25) is 0 Å². The molecule has 1 heterocycles. The minimum atomic E-state index is -0.865. The van der Waals surface area contributed by atoms with Crippen LogP contribution in [0.4, 0.5) is 8.78 Å². The van der Waals surface area contributed by atoms with Gasteiger partial charge >= 0.3 is 0 Å². The van der Waals surface area contributed by atoms with E-state index >= 15 is 0 Å². The van der Waals surface area contributed by atoms with Crippen LogP contribution in [0.3, 0.4) is 0 Å². The van der Waals surface area contributed by atoms with Gasteiger partial charge in [0.1, 0.15) is 24.7 Å². The number of hydrogen-bond donors (Lipinski definition) is 1. The second-order valence-electron chi connectivity index (χ2n) is 5.61. The summed E-state index contributed by atoms with van der Waals surface area (Å²) in [5, 5.41) is 3.38. The molecule has 0 radical (unpaired) electrons. The molecule has 1 N–H and O–H groups in total. The molecular formula is C18H19F2NO2. The summed E-state index contributed by atoms with van der Waals surface area (Å²) in [5.74, 6) is -0.276. The SMILES string of the molecule is Fc1ccc(COc2ccc(OCC3CCCN3)cc2)cc1F. The molecule has 1 saturated heterocycles. The highest BCUT2D eigenvalue weighted by molar-refractivity contribution is 5.31. The molecule has 3 nitrogen and oxygen atoms in total. The molecule has 122 valence electrons. The smallest absolute Gasteiger partial charge is 0.159 e. The van der Waals surface area contributed by atoms with Crippen LogP contribution in [0.15, 0.2) is 42.5 Å². The monoisotopic (exact) mass is 319 g/mol. The third-order valence-corrected chi connectivity index (χ3v) is 3.83. The van der Waals surface area contributed by atoms with Crippen LogP contribution in [0, 0.1) is 11.6 Å². The van der Waals surface area contributed by atoms with Gasteiger partial charge < -0.3 is 14.8 Å². The first-order valence-corrected chi connectivity index (χ1v) is 7.74. The van der Waals surface area contributed by atoms with E-state index < -0.39 is 11.6 Å². The minimum Gasteiger partial charge on any atom is -0.492 e. The van der Waals surface area contributed by atoms with Gasteiger partial charge in [0.15, 0.2) is 11.6 Å². The van der Waals surface area contributed by atoms with Crippen molar-refractivity contribution in [1.29, 1.82) is 0 Å². The zero-order valence-corrected chi connectivity index (χ0v) is 12.7. The van der Waals surface area contributed by atoms with Crippen LogP contribution in [0.5, 0.6) is 11.5 Å². The number of rotatable bonds is 6. The molecule has 2 aromatic rings. The summed E-state index contributed by atoms with van der Waals surface area (Å²) in [6.07, 6.45) is 2.35. The van der Waals surface area contributed by atoms with E-state index in [1.165, 1.54) is 12.5 Å². The summed E-state index contributed by atoms with van der Waals surface area (Å²) in [6, 6.07) is 11.5. The van der Waals surface area contributed by atoms with Crippen molar-refractivity contribution < 1.29 is 18.3 Å². The van der Waals surface area contributed by atoms with E-state index in [-0.39, 0.29) is 6.61 Å². The van der Waals surface area contributed by atoms with E-state index in [1.807, 2.05) is 12.1 Å². The van der Waals surface area contributed by atoms with E-state index in [2.05, 4.69) is 5.32 Å². The van der Waals surface area contributed by atoms with Gasteiger partial charge in [0.05, 0.1) is 0 Å². The topological polar surface area (TPSA) is 30.5 Å². The molecule has 0 bridgehead atoms. The van der Waals surface area contributed by atoms with Gasteiger partial charge in [-0.05, 0) is 61.3 Å². The van der Waals surface area contributed by atoms with Gasteiger partial charge in [-0.15, -0.1) is 0 Å². The van der Waals surface area contributed by atoms with Crippen LogP contribution in [0.25, 0.3) is 0 Å². The number of benzene rings is 2. The fourth-order valence-electron chi connectivity index (χ4n) is 2.52. The predicted octanol–water partition coefficient (Wildman–Crippen LogP) is 3.67. The number of hydrogen-bond acceptors (Lipinski definition) is 3. The van der Waals surface area contributed by atoms with Crippen molar-refractivity contribution in [3.05, 3.63) is 59.7 Å². The van der Waals surface area contributed by atoms with Crippen molar-refractivity contribution in [2.45, 2.75) is 25.5 Å². The third-order valence-electron chi connectivity index (χ3n) is 3.83. The highest BCUT2D eigenvalue weighted by atomic mass is 19.2. The maximum absolute atomic E-state index is 13.1. The Hall–Kier alpha value is -2.14. The van der Waals surface area contributed by atoms with Crippen molar-refractivity contribution >= 4 is 0 Å². The molecule has 0 saturated carbocycles. The summed E-state index contributed by atoms with van der Waals surface area (Å²) in [7, 11) is 0. The standard InChI is InChI=1S/C18H19F2NO2/c19-17-8-3-13(10-18(17)20)11-22-15-4-6-16(7-5-15)23-12-14-2-1-9-21-14/h3-8,10,14,21H,1-2,9,11-12H2. The summed E-state index contributed by atoms with van der Waals surface area (Å²) in [4.78, 5) is 0. The summed E-state index contributed by atoms with van der Waals surface area (Å²) in [5.41, 5.74) is 0.580. The van der Waals surface area contributed by atoms with Crippen molar-refractivity contribution in [3.8, 4) is 11.5 Å². The first-order chi connectivity index (χ1) is 11.2. The van der Waals surface area contributed by atoms with E-state index in [1.54, 1.807) is 12.1 Å². The molecule has 3 rings (SSSR count). The average molecular weight is 319 g/mol. The molecule has 2 aromatic carbocycles. The largest absolute Gasteiger partial charge is 0.492 e. The summed E-state index contributed by atoms with van der Waals surface area (Å²) in [6.45, 7) is 1.91. The summed E-state index contributed by atoms with van der Waals surface area (Å²) < 4.78 is 37.3. The lowest BCUT2D eigenvalue weighted by Gasteiger charge is -2.12. The molecule has 23 heavy (non-hydrogen) atoms. The maximum Gasteiger partial charge on any atom is 0.159 e. The van der Waals surface area contributed by atoms with Gasteiger partial charge in [-0.25, -0.2) is 8.78 Å². The number of ether oxygens (including phenoxy) is 2. The molecule has 0 amide bonds. The second kappa shape index (κ2) is 7.42. The van der Waals surface area contributed by atoms with Crippen LogP contribution >= 0.6 is 0 Å². The molecule has 1 fully saturated rings. The quantitative estimate of drug-likeness (QED) is 0.881. The van der Waals surface area contributed by atoms with E-state index in [0.29, 0.717) is 24.0 Å². The molecule has 1 aliphatic heterocycles. The van der Waals surface area contributed by atoms with Gasteiger partial charge in [0.25, 0.3) is 0 Å². The van der Waals surface area contributed by atoms with Crippen LogP contribution in [0.2, 0.25) is 0 Å². The normalized spacial score (nSPS) is 17.2. The van der Waals surface area contributed by atoms with Gasteiger partial charge in [-0.1, -0.05) is 6.07 Å². The van der Waals surface area contributed by atoms with Crippen LogP contribution in [0.1, 0.15) is 18.4 Å². The lowest BCUT2D eigenvalue weighted by molar-refractivity contribution is 0.275. The molecule has 1 aliphatic rings. The Kier molecular flexibility index (Phi) is 5.08. The molecule has 0 aromatic heterocycles. The Labute approximate surface area is 134 Å². The van der Waals surface area contributed by atoms with Crippen molar-refractivity contribution in [3.63, 3.8) is 0 Å². The highest BCUT2D eigenvalue weighted by Crippen LogP contribution is 2.20. The third kappa shape index (κ3) is 4.42. The number of halogens is 2. The van der Waals surface area contributed by atoms with Crippen LogP contribution < -0.4 is 14.8 Å². The van der Waals surface area contributed by atoms with Gasteiger partial charge in [0, 0.05) is 6.04 Å². The summed E-state index contributed by atoms with van der Waals surface area (Å²) >= 11 is 0. The lowest BCUT2D eigenvalue weighted by atomic mass is 10.2. The molecule has 1 unspecified atom stereocenters. The van der Waals surface area contributed by atoms with Gasteiger partial charge in [-0.2, -0.15) is 0 Å². The van der Waals surface area contributed by atoms with Crippen molar-refractivity contribution in [1.82, 2.24) is 5.32 Å². The second-order valence-corrected chi connectivity index (χ2v) is 5.61. The first kappa shape index (κ1) is 15.7. The first-order valence-electron chi connectivity index (χ1n) is 7.74. The zero-order valence-electron chi connectivity index (χ0n) is 12.7. The van der Waals surface area contributed by atoms with Crippen LogP contribution in [-0.2, 0) is 6.61 Å². The predicted molar refractivity (Wildman–Crippen MR) is 83.7 cm³/mol. The molecule has 0 aliphatic carbocycles. The average Bonchev–Trinajstić information content (AvgIpc) is 3.08. The molecule has 0 spiro atoms. The fourth-order valence-corrected chi connectivity index (χ4v) is 2.52. The Morgan fingerprint density at radius 2 is 1.70 bits per heavy atom. The highest BCUT2D eigenvalue weighted by Gasteiger charge is 2.14. The molecule has 5 heteroatoms. The minimum absolute atomic E-state index is 0.184. The van der Waals surface area contributed by atoms with Gasteiger partial charge in [-0.3, -0.25) is 0 Å². The fraction of sp³-hybridized carbons (Fsp3) is 0.333. The number of nitrogens with one attached hydrogen (secondary N) is 1. The molecule has 1 atom stereocenters. The zero-order chi connectivity index (χ0) is 16.1. The molecular weight excluding hydrogens is 300 g/mol. The Bertz CT molecular complexity index is 640. The van der Waals surface area contributed by atoms with E-state index in [4.69, 9.17) is 9.47 Å². The Morgan fingerprint density at radius 3 is 2.35 bits per heavy atom. The van der Waals surface area contributed by atoms with Crippen LogP contribution in [-0.4, -0.2) is 19.2 Å². The van der Waals surface area contributed by atoms with Crippen molar-refractivity contribution in [2.75, 3.05) is 13.2 Å². The Balaban J connectivity index is 1.49. The maximum atomic E-state index is 13.1. The van der Waals surface area contributed by atoms with E-state index in [9.17, 15) is 8.78 Å².